The fraction of sp³-hybridized carbons (Fsp3) is 0.0400. The Balaban J connectivity index is 1.79. The highest BCUT2D eigenvalue weighted by Crippen LogP contribution is 2.29. The van der Waals surface area contributed by atoms with Crippen LogP contribution in [0.3, 0.4) is 0 Å². The lowest BCUT2D eigenvalue weighted by Gasteiger charge is -2.14. The molecule has 0 spiro atoms. The van der Waals surface area contributed by atoms with Crippen LogP contribution in [0.5, 0.6) is 0 Å². The molecular weight excluding hydrogens is 424 g/mol. The summed E-state index contributed by atoms with van der Waals surface area (Å²) in [4.78, 5) is 17.6. The summed E-state index contributed by atoms with van der Waals surface area (Å²) in [7, 11) is 0. The van der Waals surface area contributed by atoms with Gasteiger partial charge in [0.25, 0.3) is 11.8 Å². The molecule has 0 bridgehead atoms. The molecule has 7 heteroatoms. The summed E-state index contributed by atoms with van der Waals surface area (Å²) in [5.41, 5.74) is 2.77. The van der Waals surface area contributed by atoms with Crippen LogP contribution in [0.1, 0.15) is 27.2 Å². The second-order valence-corrected chi connectivity index (χ2v) is 7.37. The van der Waals surface area contributed by atoms with E-state index >= 15 is 0 Å². The number of anilines is 1. The number of hydrogen-bond acceptors (Lipinski definition) is 5. The van der Waals surface area contributed by atoms with Gasteiger partial charge in [-0.2, -0.15) is 20.4 Å². The molecule has 0 radical (unpaired) electrons. The summed E-state index contributed by atoms with van der Waals surface area (Å²) in [5, 5.41) is 15.6. The lowest BCUT2D eigenvalue weighted by molar-refractivity contribution is 0.0983. The van der Waals surface area contributed by atoms with Gasteiger partial charge in [0.2, 0.25) is 11.6 Å². The molecule has 0 saturated heterocycles. The zero-order valence-electron chi connectivity index (χ0n) is 17.1. The molecule has 1 aromatic heterocycles. The molecule has 1 amide bonds. The van der Waals surface area contributed by atoms with Gasteiger partial charge in [0.05, 0.1) is 6.21 Å². The van der Waals surface area contributed by atoms with E-state index in [1.807, 2.05) is 43.3 Å². The summed E-state index contributed by atoms with van der Waals surface area (Å²) in [6, 6.07) is 25.2. The van der Waals surface area contributed by atoms with Crippen LogP contribution in [0.2, 0.25) is 5.02 Å². The highest BCUT2D eigenvalue weighted by atomic mass is 35.5. The van der Waals surface area contributed by atoms with Gasteiger partial charge < -0.3 is 4.42 Å². The number of hydrazone groups is 1. The summed E-state index contributed by atoms with van der Waals surface area (Å²) < 4.78 is 5.86. The first kappa shape index (κ1) is 21.0. The maximum atomic E-state index is 13.3. The monoisotopic (exact) mass is 440 g/mol. The van der Waals surface area contributed by atoms with Crippen molar-refractivity contribution < 1.29 is 9.21 Å². The van der Waals surface area contributed by atoms with Gasteiger partial charge in [0.15, 0.2) is 0 Å². The molecule has 3 aromatic carbocycles. The Labute approximate surface area is 190 Å². The number of amides is 1. The fourth-order valence-corrected chi connectivity index (χ4v) is 3.05. The van der Waals surface area contributed by atoms with Gasteiger partial charge >= 0.3 is 0 Å². The van der Waals surface area contributed by atoms with Crippen molar-refractivity contribution in [3.05, 3.63) is 106 Å². The molecule has 0 aliphatic rings. The quantitative estimate of drug-likeness (QED) is 0.287. The highest BCUT2D eigenvalue weighted by molar-refractivity contribution is 6.30. The van der Waals surface area contributed by atoms with E-state index in [2.05, 4.69) is 10.1 Å². The molecule has 0 saturated carbocycles. The molecule has 1 heterocycles. The van der Waals surface area contributed by atoms with Crippen LogP contribution in [-0.4, -0.2) is 17.1 Å². The van der Waals surface area contributed by atoms with Crippen LogP contribution >= 0.6 is 11.6 Å². The Morgan fingerprint density at radius 2 is 1.75 bits per heavy atom. The topological polar surface area (TPSA) is 82.5 Å². The number of nitriles is 1. The molecule has 4 rings (SSSR count). The average molecular weight is 441 g/mol. The van der Waals surface area contributed by atoms with Gasteiger partial charge in [-0.05, 0) is 48.9 Å². The SMILES string of the molecule is Cc1ccc(C(=O)N(/N=C\c2ccc(Cl)cc2)c2oc(-c3ccccc3)nc2C#N)cc1. The third-order valence-electron chi connectivity index (χ3n) is 4.61. The minimum Gasteiger partial charge on any atom is -0.417 e. The number of nitrogens with zero attached hydrogens (tertiary/aromatic N) is 4. The largest absolute Gasteiger partial charge is 0.417 e. The van der Waals surface area contributed by atoms with Crippen LogP contribution in [-0.2, 0) is 0 Å². The Morgan fingerprint density at radius 1 is 1.06 bits per heavy atom. The first-order chi connectivity index (χ1) is 15.5. The molecule has 0 atom stereocenters. The minimum atomic E-state index is -0.456. The lowest BCUT2D eigenvalue weighted by Crippen LogP contribution is -2.26. The Morgan fingerprint density at radius 3 is 2.41 bits per heavy atom. The summed E-state index contributed by atoms with van der Waals surface area (Å²) >= 11 is 5.95. The van der Waals surface area contributed by atoms with E-state index in [0.717, 1.165) is 16.1 Å². The molecule has 6 nitrogen and oxygen atoms in total. The average Bonchev–Trinajstić information content (AvgIpc) is 3.25. The number of oxazole rings is 1. The standard InChI is InChI=1S/C25H17ClN4O2/c1-17-7-11-20(12-8-17)24(31)30(28-16-18-9-13-21(26)14-10-18)25-22(15-27)29-23(32-25)19-5-3-2-4-6-19/h2-14,16H,1H3/b28-16-. The van der Waals surface area contributed by atoms with Crippen molar-refractivity contribution in [1.82, 2.24) is 4.98 Å². The first-order valence-corrected chi connectivity index (χ1v) is 10.1. The van der Waals surface area contributed by atoms with Gasteiger partial charge in [0, 0.05) is 16.1 Å². The molecule has 4 aromatic rings. The lowest BCUT2D eigenvalue weighted by atomic mass is 10.1. The minimum absolute atomic E-state index is 0.0439. The molecular formula is C25H17ClN4O2. The van der Waals surface area contributed by atoms with Crippen LogP contribution < -0.4 is 5.01 Å². The van der Waals surface area contributed by atoms with Crippen LogP contribution in [0.25, 0.3) is 11.5 Å². The van der Waals surface area contributed by atoms with Crippen LogP contribution in [0.4, 0.5) is 5.88 Å². The second kappa shape index (κ2) is 9.29. The first-order valence-electron chi connectivity index (χ1n) is 9.72. The maximum Gasteiger partial charge on any atom is 0.281 e. The van der Waals surface area contributed by atoms with E-state index in [0.29, 0.717) is 16.1 Å². The van der Waals surface area contributed by atoms with Crippen molar-refractivity contribution in [1.29, 1.82) is 5.26 Å². The number of carbonyl (C=O) groups is 1. The Bertz CT molecular complexity index is 1310. The van der Waals surface area contributed by atoms with Gasteiger partial charge in [-0.15, -0.1) is 0 Å². The van der Waals surface area contributed by atoms with Crippen molar-refractivity contribution in [2.45, 2.75) is 6.92 Å². The van der Waals surface area contributed by atoms with Gasteiger partial charge in [-0.3, -0.25) is 4.79 Å². The number of aryl methyl sites for hydroxylation is 1. The predicted molar refractivity (Wildman–Crippen MR) is 124 cm³/mol. The molecule has 0 aliphatic carbocycles. The van der Waals surface area contributed by atoms with E-state index in [9.17, 15) is 10.1 Å². The van der Waals surface area contributed by atoms with Crippen molar-refractivity contribution in [3.8, 4) is 17.5 Å². The van der Waals surface area contributed by atoms with Gasteiger partial charge in [-0.25, -0.2) is 0 Å². The summed E-state index contributed by atoms with van der Waals surface area (Å²) in [6.45, 7) is 1.93. The van der Waals surface area contributed by atoms with Crippen molar-refractivity contribution in [3.63, 3.8) is 0 Å². The summed E-state index contributed by atoms with van der Waals surface area (Å²) in [6.07, 6.45) is 1.49. The summed E-state index contributed by atoms with van der Waals surface area (Å²) in [5.74, 6) is -0.287. The molecule has 156 valence electrons. The maximum absolute atomic E-state index is 13.3. The molecule has 0 N–H and O–H groups in total. The predicted octanol–water partition coefficient (Wildman–Crippen LogP) is 5.86. The van der Waals surface area contributed by atoms with E-state index in [-0.39, 0.29) is 17.5 Å². The zero-order valence-corrected chi connectivity index (χ0v) is 17.8. The molecule has 32 heavy (non-hydrogen) atoms. The third kappa shape index (κ3) is 4.59. The van der Waals surface area contributed by atoms with Gasteiger partial charge in [-0.1, -0.05) is 59.6 Å². The van der Waals surface area contributed by atoms with E-state index in [1.54, 1.807) is 48.5 Å². The Kier molecular flexibility index (Phi) is 6.11. The fourth-order valence-electron chi connectivity index (χ4n) is 2.92. The smallest absolute Gasteiger partial charge is 0.281 e. The molecule has 0 unspecified atom stereocenters. The number of halogens is 1. The van der Waals surface area contributed by atoms with Crippen LogP contribution in [0, 0.1) is 18.3 Å². The van der Waals surface area contributed by atoms with E-state index < -0.39 is 5.91 Å². The highest BCUT2D eigenvalue weighted by Gasteiger charge is 2.26. The van der Waals surface area contributed by atoms with Gasteiger partial charge in [0.1, 0.15) is 6.07 Å². The number of hydrogen-bond donors (Lipinski definition) is 0. The molecule has 0 aliphatic heterocycles. The second-order valence-electron chi connectivity index (χ2n) is 6.93. The number of aromatic nitrogens is 1. The third-order valence-corrected chi connectivity index (χ3v) is 4.86. The van der Waals surface area contributed by atoms with Crippen molar-refractivity contribution in [2.24, 2.45) is 5.10 Å². The number of rotatable bonds is 5. The molecule has 0 fully saturated rings. The van der Waals surface area contributed by atoms with Crippen molar-refractivity contribution in [2.75, 3.05) is 5.01 Å². The van der Waals surface area contributed by atoms with E-state index in [4.69, 9.17) is 16.0 Å². The normalized spacial score (nSPS) is 10.8. The Hall–Kier alpha value is -4.21. The number of carbonyl (C=O) groups excluding carboxylic acids is 1. The zero-order chi connectivity index (χ0) is 22.5. The van der Waals surface area contributed by atoms with Crippen molar-refractivity contribution >= 4 is 29.6 Å². The van der Waals surface area contributed by atoms with E-state index in [1.165, 1.54) is 6.21 Å². The van der Waals surface area contributed by atoms with Crippen LogP contribution in [0.15, 0.2) is 88.4 Å². The number of benzene rings is 3.